The van der Waals surface area contributed by atoms with Gasteiger partial charge in [0.05, 0.1) is 12.4 Å². The molecule has 0 heterocycles. The third kappa shape index (κ3) is 5.01. The molecule has 3 rings (SSSR count). The maximum Gasteiger partial charge on any atom is 0.415 e. The topological polar surface area (TPSA) is 49.8 Å². The lowest BCUT2D eigenvalue weighted by Crippen LogP contribution is -2.41. The number of benzene rings is 2. The fourth-order valence-corrected chi connectivity index (χ4v) is 5.30. The van der Waals surface area contributed by atoms with Crippen molar-refractivity contribution in [3.8, 4) is 0 Å². The molecule has 1 aliphatic carbocycles. The Labute approximate surface area is 193 Å². The summed E-state index contributed by atoms with van der Waals surface area (Å²) in [6.45, 7) is 10.2. The minimum atomic E-state index is -0.627. The molecule has 2 aromatic carbocycles. The molecule has 174 valence electrons. The molecule has 0 spiro atoms. The average molecular weight is 438 g/mol. The lowest BCUT2D eigenvalue weighted by Gasteiger charge is -2.36. The Morgan fingerprint density at radius 3 is 2.47 bits per heavy atom. The van der Waals surface area contributed by atoms with Crippen LogP contribution in [0.4, 0.5) is 4.79 Å². The SMILES string of the molecule is CCCC[C@]1([C@H](O)c2ccc3ccccc3c2)CCC/C1=C/OC(=O)N(C(C)C)C(C)C. The van der Waals surface area contributed by atoms with E-state index in [2.05, 4.69) is 31.2 Å². The second-order valence-corrected chi connectivity index (χ2v) is 9.74. The number of fused-ring (bicyclic) bond motifs is 1. The number of unbranched alkanes of at least 4 members (excludes halogenated alkanes) is 1. The molecule has 1 saturated carbocycles. The largest absolute Gasteiger partial charge is 0.418 e. The number of hydrogen-bond donors (Lipinski definition) is 1. The van der Waals surface area contributed by atoms with Crippen LogP contribution in [0.5, 0.6) is 0 Å². The van der Waals surface area contributed by atoms with Crippen LogP contribution in [0.2, 0.25) is 0 Å². The number of hydrogen-bond acceptors (Lipinski definition) is 3. The van der Waals surface area contributed by atoms with Crippen molar-refractivity contribution in [2.24, 2.45) is 5.41 Å². The Morgan fingerprint density at radius 1 is 1.12 bits per heavy atom. The molecule has 4 nitrogen and oxygen atoms in total. The van der Waals surface area contributed by atoms with Crippen LogP contribution in [-0.2, 0) is 4.74 Å². The van der Waals surface area contributed by atoms with E-state index in [1.54, 1.807) is 11.2 Å². The van der Waals surface area contributed by atoms with Gasteiger partial charge in [-0.1, -0.05) is 56.2 Å². The summed E-state index contributed by atoms with van der Waals surface area (Å²) in [5.41, 5.74) is 1.61. The second kappa shape index (κ2) is 10.5. The molecule has 0 bridgehead atoms. The molecule has 32 heavy (non-hydrogen) atoms. The molecule has 4 heteroatoms. The number of aliphatic hydroxyl groups is 1. The maximum atomic E-state index is 12.8. The van der Waals surface area contributed by atoms with Gasteiger partial charge in [-0.15, -0.1) is 0 Å². The van der Waals surface area contributed by atoms with E-state index >= 15 is 0 Å². The fraction of sp³-hybridized carbons (Fsp3) is 0.536. The Morgan fingerprint density at radius 2 is 1.81 bits per heavy atom. The van der Waals surface area contributed by atoms with Gasteiger partial charge in [-0.2, -0.15) is 0 Å². The summed E-state index contributed by atoms with van der Waals surface area (Å²) in [6, 6.07) is 14.6. The highest BCUT2D eigenvalue weighted by atomic mass is 16.5. The van der Waals surface area contributed by atoms with Crippen LogP contribution >= 0.6 is 0 Å². The quantitative estimate of drug-likeness (QED) is 0.439. The number of amides is 1. The molecule has 0 aliphatic heterocycles. The monoisotopic (exact) mass is 437 g/mol. The van der Waals surface area contributed by atoms with Gasteiger partial charge in [-0.25, -0.2) is 4.79 Å². The van der Waals surface area contributed by atoms with Crippen molar-refractivity contribution < 1.29 is 14.6 Å². The molecule has 0 unspecified atom stereocenters. The summed E-state index contributed by atoms with van der Waals surface area (Å²) in [7, 11) is 0. The highest BCUT2D eigenvalue weighted by Gasteiger charge is 2.45. The normalized spacial score (nSPS) is 20.9. The fourth-order valence-electron chi connectivity index (χ4n) is 5.30. The second-order valence-electron chi connectivity index (χ2n) is 9.74. The first kappa shape index (κ1) is 24.3. The van der Waals surface area contributed by atoms with Crippen LogP contribution in [-0.4, -0.2) is 28.2 Å². The third-order valence-electron chi connectivity index (χ3n) is 6.92. The van der Waals surface area contributed by atoms with Crippen LogP contribution < -0.4 is 0 Å². The average Bonchev–Trinajstić information content (AvgIpc) is 3.18. The Hall–Kier alpha value is -2.33. The van der Waals surface area contributed by atoms with E-state index in [0.717, 1.165) is 55.0 Å². The summed E-state index contributed by atoms with van der Waals surface area (Å²) in [6.07, 6.45) is 6.44. The number of ether oxygens (including phenoxy) is 1. The molecule has 1 aliphatic rings. The molecule has 0 radical (unpaired) electrons. The molecule has 2 aromatic rings. The van der Waals surface area contributed by atoms with E-state index in [9.17, 15) is 9.90 Å². The number of aliphatic hydroxyl groups excluding tert-OH is 1. The van der Waals surface area contributed by atoms with E-state index < -0.39 is 6.10 Å². The van der Waals surface area contributed by atoms with Crippen molar-refractivity contribution in [2.45, 2.75) is 91.3 Å². The smallest absolute Gasteiger partial charge is 0.415 e. The summed E-state index contributed by atoms with van der Waals surface area (Å²) >= 11 is 0. The Kier molecular flexibility index (Phi) is 8.00. The van der Waals surface area contributed by atoms with Gasteiger partial charge in [0, 0.05) is 17.5 Å². The zero-order valence-corrected chi connectivity index (χ0v) is 20.3. The molecule has 0 saturated heterocycles. The molecule has 1 N–H and O–H groups in total. The van der Waals surface area contributed by atoms with Crippen LogP contribution in [0.3, 0.4) is 0 Å². The van der Waals surface area contributed by atoms with Crippen molar-refractivity contribution in [2.75, 3.05) is 0 Å². The van der Waals surface area contributed by atoms with E-state index in [1.165, 1.54) is 5.39 Å². The van der Waals surface area contributed by atoms with Gasteiger partial charge < -0.3 is 14.7 Å². The number of carbonyl (C=O) groups is 1. The summed E-state index contributed by atoms with van der Waals surface area (Å²) in [5, 5.41) is 14.0. The third-order valence-corrected chi connectivity index (χ3v) is 6.92. The van der Waals surface area contributed by atoms with Gasteiger partial charge in [-0.3, -0.25) is 0 Å². The molecule has 1 amide bonds. The van der Waals surface area contributed by atoms with Gasteiger partial charge in [0.15, 0.2) is 0 Å². The van der Waals surface area contributed by atoms with E-state index in [-0.39, 0.29) is 23.6 Å². The lowest BCUT2D eigenvalue weighted by molar-refractivity contribution is 0.0423. The van der Waals surface area contributed by atoms with Crippen molar-refractivity contribution in [3.63, 3.8) is 0 Å². The van der Waals surface area contributed by atoms with Crippen LogP contribution in [0.15, 0.2) is 54.3 Å². The molecule has 0 aromatic heterocycles. The summed E-state index contributed by atoms with van der Waals surface area (Å²) in [5.74, 6) is 0. The number of rotatable bonds is 8. The summed E-state index contributed by atoms with van der Waals surface area (Å²) in [4.78, 5) is 14.5. The number of carbonyl (C=O) groups excluding carboxylic acids is 1. The van der Waals surface area contributed by atoms with Gasteiger partial charge >= 0.3 is 6.09 Å². The van der Waals surface area contributed by atoms with Crippen LogP contribution in [0, 0.1) is 5.41 Å². The van der Waals surface area contributed by atoms with Crippen molar-refractivity contribution in [1.82, 2.24) is 4.90 Å². The minimum Gasteiger partial charge on any atom is -0.418 e. The predicted molar refractivity (Wildman–Crippen MR) is 131 cm³/mol. The minimum absolute atomic E-state index is 0.0671. The van der Waals surface area contributed by atoms with Crippen molar-refractivity contribution in [3.05, 3.63) is 59.9 Å². The molecule has 2 atom stereocenters. The van der Waals surface area contributed by atoms with Gasteiger partial charge in [0.2, 0.25) is 0 Å². The molecular formula is C28H39NO3. The van der Waals surface area contributed by atoms with Gasteiger partial charge in [0.1, 0.15) is 0 Å². The summed E-state index contributed by atoms with van der Waals surface area (Å²) < 4.78 is 5.72. The Bertz CT molecular complexity index is 941. The highest BCUT2D eigenvalue weighted by Crippen LogP contribution is 2.54. The maximum absolute atomic E-state index is 12.8. The van der Waals surface area contributed by atoms with Crippen LogP contribution in [0.1, 0.15) is 84.8 Å². The first-order valence-corrected chi connectivity index (χ1v) is 12.2. The highest BCUT2D eigenvalue weighted by molar-refractivity contribution is 5.83. The van der Waals surface area contributed by atoms with Gasteiger partial charge in [0.25, 0.3) is 0 Å². The van der Waals surface area contributed by atoms with Crippen molar-refractivity contribution in [1.29, 1.82) is 0 Å². The standard InChI is InChI=1S/C28H39NO3/c1-6-7-16-28(26(30)24-15-14-22-11-8-9-12-23(22)18-24)17-10-13-25(28)19-32-27(31)29(20(2)3)21(4)5/h8-9,11-12,14-15,18-21,26,30H,6-7,10,13,16-17H2,1-5H3/b25-19-/t26-,28+/m1/s1. The number of nitrogens with zero attached hydrogens (tertiary/aromatic N) is 1. The zero-order valence-electron chi connectivity index (χ0n) is 20.3. The lowest BCUT2D eigenvalue weighted by atomic mass is 9.71. The molecular weight excluding hydrogens is 398 g/mol. The van der Waals surface area contributed by atoms with Crippen LogP contribution in [0.25, 0.3) is 10.8 Å². The van der Waals surface area contributed by atoms with E-state index in [0.29, 0.717) is 0 Å². The molecule has 1 fully saturated rings. The van der Waals surface area contributed by atoms with E-state index in [1.807, 2.05) is 45.9 Å². The predicted octanol–water partition coefficient (Wildman–Crippen LogP) is 7.37. The van der Waals surface area contributed by atoms with Gasteiger partial charge in [-0.05, 0) is 81.4 Å². The Balaban J connectivity index is 1.92. The first-order valence-electron chi connectivity index (χ1n) is 12.2. The zero-order chi connectivity index (χ0) is 23.3. The van der Waals surface area contributed by atoms with Crippen molar-refractivity contribution >= 4 is 16.9 Å². The van der Waals surface area contributed by atoms with E-state index in [4.69, 9.17) is 4.74 Å². The first-order chi connectivity index (χ1) is 15.3.